The quantitative estimate of drug-likeness (QED) is 0.863. The average molecular weight is 334 g/mol. The molecule has 0 aromatic carbocycles. The molecule has 1 aliphatic heterocycles. The Hall–Kier alpha value is -2.02. The molecular formula is C17H17F3N4. The number of hydrogen-bond acceptors (Lipinski definition) is 4. The summed E-state index contributed by atoms with van der Waals surface area (Å²) in [6.07, 6.45) is 2.06. The maximum atomic E-state index is 12.6. The minimum Gasteiger partial charge on any atom is -0.294 e. The third kappa shape index (κ3) is 3.26. The first-order valence-electron chi connectivity index (χ1n) is 8.08. The van der Waals surface area contributed by atoms with Crippen LogP contribution >= 0.6 is 0 Å². The Morgan fingerprint density at radius 2 is 1.96 bits per heavy atom. The summed E-state index contributed by atoms with van der Waals surface area (Å²) >= 11 is 0. The summed E-state index contributed by atoms with van der Waals surface area (Å²) in [5.41, 5.74) is 2.16. The van der Waals surface area contributed by atoms with Gasteiger partial charge in [-0.15, -0.1) is 0 Å². The van der Waals surface area contributed by atoms with Crippen LogP contribution in [0.1, 0.15) is 47.1 Å². The van der Waals surface area contributed by atoms with Crippen molar-refractivity contribution in [2.24, 2.45) is 0 Å². The van der Waals surface area contributed by atoms with Gasteiger partial charge in [0.25, 0.3) is 0 Å². The topological polar surface area (TPSA) is 41.9 Å². The van der Waals surface area contributed by atoms with Crippen molar-refractivity contribution in [1.82, 2.24) is 19.9 Å². The number of aromatic nitrogens is 3. The summed E-state index contributed by atoms with van der Waals surface area (Å²) in [5.74, 6) is 1.51. The molecule has 1 aliphatic carbocycles. The van der Waals surface area contributed by atoms with Crippen molar-refractivity contribution in [3.05, 3.63) is 52.9 Å². The molecule has 1 saturated carbocycles. The fraction of sp³-hybridized carbons (Fsp3) is 0.471. The third-order valence-corrected chi connectivity index (χ3v) is 4.50. The van der Waals surface area contributed by atoms with Crippen LogP contribution in [0.4, 0.5) is 13.2 Å². The number of nitrogens with zero attached hydrogens (tertiary/aromatic N) is 4. The maximum absolute atomic E-state index is 12.6. The molecule has 0 unspecified atom stereocenters. The third-order valence-electron chi connectivity index (χ3n) is 4.50. The lowest BCUT2D eigenvalue weighted by molar-refractivity contribution is -0.141. The van der Waals surface area contributed by atoms with E-state index in [0.29, 0.717) is 12.5 Å². The zero-order valence-electron chi connectivity index (χ0n) is 13.1. The van der Waals surface area contributed by atoms with E-state index in [-0.39, 0.29) is 0 Å². The summed E-state index contributed by atoms with van der Waals surface area (Å²) in [5, 5.41) is 0. The number of hydrogen-bond donors (Lipinski definition) is 0. The Kier molecular flexibility index (Phi) is 3.75. The van der Waals surface area contributed by atoms with Crippen molar-refractivity contribution < 1.29 is 13.2 Å². The number of rotatable bonds is 3. The van der Waals surface area contributed by atoms with Crippen LogP contribution in [0.25, 0.3) is 0 Å². The van der Waals surface area contributed by atoms with E-state index < -0.39 is 11.9 Å². The number of fused-ring (bicyclic) bond motifs is 1. The highest BCUT2D eigenvalue weighted by molar-refractivity contribution is 5.23. The lowest BCUT2D eigenvalue weighted by atomic mass is 10.1. The normalized spacial score (nSPS) is 18.5. The van der Waals surface area contributed by atoms with Crippen LogP contribution in [0.5, 0.6) is 0 Å². The van der Waals surface area contributed by atoms with Crippen molar-refractivity contribution >= 4 is 0 Å². The monoisotopic (exact) mass is 334 g/mol. The molecule has 0 saturated heterocycles. The predicted molar refractivity (Wildman–Crippen MR) is 81.1 cm³/mol. The molecule has 0 radical (unpaired) electrons. The minimum atomic E-state index is -4.39. The smallest absolute Gasteiger partial charge is 0.294 e. The zero-order valence-corrected chi connectivity index (χ0v) is 13.1. The highest BCUT2D eigenvalue weighted by Crippen LogP contribution is 2.38. The molecule has 4 rings (SSSR count). The molecule has 7 heteroatoms. The van der Waals surface area contributed by atoms with Crippen molar-refractivity contribution in [2.45, 2.75) is 44.4 Å². The van der Waals surface area contributed by atoms with E-state index in [4.69, 9.17) is 0 Å². The van der Waals surface area contributed by atoms with E-state index in [0.717, 1.165) is 48.2 Å². The Labute approximate surface area is 137 Å². The fourth-order valence-electron chi connectivity index (χ4n) is 3.01. The Balaban J connectivity index is 1.43. The van der Waals surface area contributed by atoms with Gasteiger partial charge in [0, 0.05) is 55.6 Å². The van der Waals surface area contributed by atoms with Crippen molar-refractivity contribution in [3.8, 4) is 0 Å². The van der Waals surface area contributed by atoms with Gasteiger partial charge in [0.2, 0.25) is 0 Å². The van der Waals surface area contributed by atoms with Crippen LogP contribution in [-0.4, -0.2) is 26.4 Å². The lowest BCUT2D eigenvalue weighted by Crippen LogP contribution is -2.31. The molecule has 2 aliphatic rings. The molecule has 0 amide bonds. The SMILES string of the molecule is FC(F)(F)c1ccc(CN2CCc3nc(C4CC4)ncc3C2)cn1. The van der Waals surface area contributed by atoms with E-state index in [9.17, 15) is 13.2 Å². The van der Waals surface area contributed by atoms with Crippen LogP contribution < -0.4 is 0 Å². The van der Waals surface area contributed by atoms with Gasteiger partial charge in [-0.1, -0.05) is 6.07 Å². The van der Waals surface area contributed by atoms with Crippen LogP contribution in [0.2, 0.25) is 0 Å². The maximum Gasteiger partial charge on any atom is 0.433 e. The van der Waals surface area contributed by atoms with Gasteiger partial charge in [0.05, 0.1) is 0 Å². The van der Waals surface area contributed by atoms with E-state index in [1.807, 2.05) is 6.20 Å². The van der Waals surface area contributed by atoms with Crippen LogP contribution in [0.3, 0.4) is 0 Å². The summed E-state index contributed by atoms with van der Waals surface area (Å²) in [7, 11) is 0. The van der Waals surface area contributed by atoms with Gasteiger partial charge in [0.1, 0.15) is 11.5 Å². The molecule has 1 fully saturated rings. The largest absolute Gasteiger partial charge is 0.433 e. The van der Waals surface area contributed by atoms with E-state index in [1.165, 1.54) is 25.1 Å². The van der Waals surface area contributed by atoms with Crippen molar-refractivity contribution in [1.29, 1.82) is 0 Å². The zero-order chi connectivity index (χ0) is 16.7. The second-order valence-electron chi connectivity index (χ2n) is 6.48. The number of alkyl halides is 3. The van der Waals surface area contributed by atoms with Gasteiger partial charge >= 0.3 is 6.18 Å². The molecule has 0 bridgehead atoms. The Bertz CT molecular complexity index is 738. The molecule has 4 nitrogen and oxygen atoms in total. The first-order valence-corrected chi connectivity index (χ1v) is 8.08. The Morgan fingerprint density at radius 1 is 1.12 bits per heavy atom. The van der Waals surface area contributed by atoms with Gasteiger partial charge < -0.3 is 0 Å². The molecule has 24 heavy (non-hydrogen) atoms. The first kappa shape index (κ1) is 15.5. The fourth-order valence-corrected chi connectivity index (χ4v) is 3.01. The molecule has 0 atom stereocenters. The molecule has 0 spiro atoms. The summed E-state index contributed by atoms with van der Waals surface area (Å²) in [6, 6.07) is 2.54. The summed E-state index contributed by atoms with van der Waals surface area (Å²) in [4.78, 5) is 14.8. The molecule has 0 N–H and O–H groups in total. The summed E-state index contributed by atoms with van der Waals surface area (Å²) in [6.45, 7) is 2.14. The standard InChI is InChI=1S/C17H17F3N4/c18-17(19,20)15-4-1-11(7-21-15)9-24-6-5-14-13(10-24)8-22-16(23-14)12-2-3-12/h1,4,7-8,12H,2-3,5-6,9-10H2. The van der Waals surface area contributed by atoms with Gasteiger partial charge in [-0.3, -0.25) is 9.88 Å². The molecule has 126 valence electrons. The molecular weight excluding hydrogens is 317 g/mol. The van der Waals surface area contributed by atoms with E-state index >= 15 is 0 Å². The van der Waals surface area contributed by atoms with Gasteiger partial charge in [0.15, 0.2) is 0 Å². The number of pyridine rings is 1. The van der Waals surface area contributed by atoms with E-state index in [1.54, 1.807) is 0 Å². The number of halogens is 3. The van der Waals surface area contributed by atoms with E-state index in [2.05, 4.69) is 19.9 Å². The first-order chi connectivity index (χ1) is 11.5. The summed E-state index contributed by atoms with van der Waals surface area (Å²) < 4.78 is 37.7. The van der Waals surface area contributed by atoms with Gasteiger partial charge in [-0.05, 0) is 24.5 Å². The lowest BCUT2D eigenvalue weighted by Gasteiger charge is -2.28. The van der Waals surface area contributed by atoms with Crippen LogP contribution in [0, 0.1) is 0 Å². The Morgan fingerprint density at radius 3 is 2.62 bits per heavy atom. The molecule has 2 aromatic rings. The molecule has 2 aromatic heterocycles. The van der Waals surface area contributed by atoms with Crippen molar-refractivity contribution in [2.75, 3.05) is 6.54 Å². The van der Waals surface area contributed by atoms with Gasteiger partial charge in [-0.2, -0.15) is 13.2 Å². The highest BCUT2D eigenvalue weighted by atomic mass is 19.4. The highest BCUT2D eigenvalue weighted by Gasteiger charge is 2.32. The second kappa shape index (κ2) is 5.81. The molecule has 3 heterocycles. The average Bonchev–Trinajstić information content (AvgIpc) is 3.39. The van der Waals surface area contributed by atoms with Gasteiger partial charge in [-0.25, -0.2) is 9.97 Å². The predicted octanol–water partition coefficient (Wildman–Crippen LogP) is 3.33. The minimum absolute atomic E-state index is 0.548. The second-order valence-corrected chi connectivity index (χ2v) is 6.48. The van der Waals surface area contributed by atoms with Crippen LogP contribution in [-0.2, 0) is 25.7 Å². The van der Waals surface area contributed by atoms with Crippen LogP contribution in [0.15, 0.2) is 24.5 Å². The van der Waals surface area contributed by atoms with Crippen molar-refractivity contribution in [3.63, 3.8) is 0 Å².